The van der Waals surface area contributed by atoms with Crippen LogP contribution in [0.3, 0.4) is 0 Å². The van der Waals surface area contributed by atoms with Crippen LogP contribution in [0.5, 0.6) is 0 Å². The quantitative estimate of drug-likeness (QED) is 0.299. The van der Waals surface area contributed by atoms with Gasteiger partial charge in [0.25, 0.3) is 0 Å². The van der Waals surface area contributed by atoms with Crippen molar-refractivity contribution in [3.63, 3.8) is 0 Å². The lowest BCUT2D eigenvalue weighted by Gasteiger charge is -2.73. The highest BCUT2D eigenvalue weighted by atomic mass is 31.2. The van der Waals surface area contributed by atoms with Crippen LogP contribution in [0.25, 0.3) is 0 Å². The van der Waals surface area contributed by atoms with Crippen molar-refractivity contribution in [3.05, 3.63) is 12.2 Å². The van der Waals surface area contributed by atoms with Crippen LogP contribution in [-0.4, -0.2) is 15.9 Å². The van der Waals surface area contributed by atoms with E-state index in [9.17, 15) is 14.4 Å². The highest BCUT2D eigenvalue weighted by Crippen LogP contribution is 2.77. The monoisotopic (exact) mass is 506 g/mol. The molecule has 0 radical (unpaired) electrons. The molecular formula is C30H51O4P. The van der Waals surface area contributed by atoms with Crippen LogP contribution in [0.2, 0.25) is 0 Å². The fourth-order valence-corrected chi connectivity index (χ4v) is 12.5. The Labute approximate surface area is 214 Å². The lowest BCUT2D eigenvalue weighted by molar-refractivity contribution is -0.245. The van der Waals surface area contributed by atoms with Crippen molar-refractivity contribution in [2.24, 2.45) is 56.7 Å². The predicted octanol–water partition coefficient (Wildman–Crippen LogP) is 8.14. The molecule has 5 fully saturated rings. The van der Waals surface area contributed by atoms with Crippen molar-refractivity contribution < 1.29 is 18.9 Å². The SMILES string of the molecule is C=C(C)[C@@H]1CC[C@]2(C)CC[C@]3(C)[C@H](CC[C@@H]4[C@@]5(C)CCC(OP(=O)(O)O)C(C)(C)[C@@H]5CC[C@]43C)[C@@H]12. The molecule has 0 bridgehead atoms. The van der Waals surface area contributed by atoms with Crippen LogP contribution in [0.1, 0.15) is 113 Å². The summed E-state index contributed by atoms with van der Waals surface area (Å²) in [4.78, 5) is 19.2. The summed E-state index contributed by atoms with van der Waals surface area (Å²) in [5.74, 6) is 3.36. The summed E-state index contributed by atoms with van der Waals surface area (Å²) in [5.41, 5.74) is 2.53. The van der Waals surface area contributed by atoms with Gasteiger partial charge >= 0.3 is 7.82 Å². The molecule has 0 spiro atoms. The van der Waals surface area contributed by atoms with Crippen LogP contribution in [0.4, 0.5) is 0 Å². The van der Waals surface area contributed by atoms with Gasteiger partial charge in [-0.05, 0) is 128 Å². The lowest BCUT2D eigenvalue weighted by Crippen LogP contribution is -2.66. The van der Waals surface area contributed by atoms with Gasteiger partial charge in [0.05, 0.1) is 6.10 Å². The number of hydrogen-bond acceptors (Lipinski definition) is 2. The molecule has 0 aromatic heterocycles. The van der Waals surface area contributed by atoms with E-state index in [0.29, 0.717) is 34.0 Å². The van der Waals surface area contributed by atoms with E-state index in [-0.39, 0.29) is 16.9 Å². The number of fused-ring (bicyclic) bond motifs is 7. The Kier molecular flexibility index (Phi) is 6.00. The summed E-state index contributed by atoms with van der Waals surface area (Å²) < 4.78 is 17.2. The Balaban J connectivity index is 1.49. The number of allylic oxidation sites excluding steroid dienone is 1. The maximum absolute atomic E-state index is 11.8. The molecule has 5 rings (SSSR count). The second-order valence-corrected chi connectivity index (χ2v) is 16.5. The second kappa shape index (κ2) is 7.93. The van der Waals surface area contributed by atoms with Crippen LogP contribution in [0.15, 0.2) is 12.2 Å². The first kappa shape index (κ1) is 26.5. The van der Waals surface area contributed by atoms with Gasteiger partial charge in [-0.15, -0.1) is 0 Å². The minimum absolute atomic E-state index is 0.198. The molecule has 0 heterocycles. The van der Waals surface area contributed by atoms with Crippen LogP contribution in [0, 0.1) is 56.7 Å². The Morgan fingerprint density at radius 2 is 1.51 bits per heavy atom. The molecule has 4 nitrogen and oxygen atoms in total. The first-order valence-electron chi connectivity index (χ1n) is 14.4. The third-order valence-electron chi connectivity index (χ3n) is 13.7. The molecule has 5 aliphatic carbocycles. The van der Waals surface area contributed by atoms with E-state index in [4.69, 9.17) is 4.52 Å². The normalized spacial score (nSPS) is 53.2. The zero-order valence-electron chi connectivity index (χ0n) is 23.4. The Bertz CT molecular complexity index is 939. The van der Waals surface area contributed by atoms with E-state index < -0.39 is 7.82 Å². The summed E-state index contributed by atoms with van der Waals surface area (Å²) >= 11 is 0. The highest BCUT2D eigenvalue weighted by Gasteiger charge is 2.70. The van der Waals surface area contributed by atoms with Gasteiger partial charge in [-0.25, -0.2) is 4.57 Å². The van der Waals surface area contributed by atoms with Gasteiger partial charge in [-0.2, -0.15) is 0 Å². The second-order valence-electron chi connectivity index (χ2n) is 15.3. The average molecular weight is 507 g/mol. The van der Waals surface area contributed by atoms with E-state index in [1.807, 2.05) is 0 Å². The number of rotatable bonds is 3. The van der Waals surface area contributed by atoms with Gasteiger partial charge in [0.1, 0.15) is 0 Å². The summed E-state index contributed by atoms with van der Waals surface area (Å²) in [5, 5.41) is 0. The van der Waals surface area contributed by atoms with Crippen molar-refractivity contribution in [1.82, 2.24) is 0 Å². The van der Waals surface area contributed by atoms with Gasteiger partial charge < -0.3 is 9.79 Å². The van der Waals surface area contributed by atoms with E-state index >= 15 is 0 Å². The Morgan fingerprint density at radius 1 is 0.829 bits per heavy atom. The van der Waals surface area contributed by atoms with Crippen molar-refractivity contribution in [1.29, 1.82) is 0 Å². The minimum atomic E-state index is -4.49. The molecule has 0 aromatic carbocycles. The molecule has 5 saturated carbocycles. The summed E-state index contributed by atoms with van der Waals surface area (Å²) in [7, 11) is -4.49. The minimum Gasteiger partial charge on any atom is -0.303 e. The maximum atomic E-state index is 11.8. The summed E-state index contributed by atoms with van der Waals surface area (Å²) in [6.45, 7) is 21.6. The van der Waals surface area contributed by atoms with Gasteiger partial charge in [-0.1, -0.05) is 53.7 Å². The zero-order chi connectivity index (χ0) is 25.8. The number of phosphoric acid groups is 1. The van der Waals surface area contributed by atoms with Gasteiger partial charge in [-0.3, -0.25) is 4.52 Å². The third-order valence-corrected chi connectivity index (χ3v) is 14.2. The molecule has 0 aromatic rings. The fourth-order valence-electron chi connectivity index (χ4n) is 11.8. The molecule has 5 aliphatic rings. The van der Waals surface area contributed by atoms with E-state index in [1.165, 1.54) is 50.5 Å². The molecular weight excluding hydrogens is 455 g/mol. The average Bonchev–Trinajstić information content (AvgIpc) is 3.08. The molecule has 200 valence electrons. The van der Waals surface area contributed by atoms with Crippen molar-refractivity contribution in [2.45, 2.75) is 119 Å². The molecule has 0 saturated heterocycles. The molecule has 5 heteroatoms. The van der Waals surface area contributed by atoms with Gasteiger partial charge in [0, 0.05) is 0 Å². The Hall–Kier alpha value is -0.150. The standard InChI is InChI=1S/C30H51O4P/c1-19(2)20-11-14-27(5)17-18-29(7)21(25(20)27)9-10-23-28(6)15-13-24(34-35(31,32)33)26(3,4)22(28)12-16-30(23,29)8/h20-25H,1,9-18H2,2-8H3,(H2,31,32,33)/t20-,21+,22-,23+,24?,25+,27+,28-,29+,30+/m0/s1. The zero-order valence-corrected chi connectivity index (χ0v) is 24.3. The maximum Gasteiger partial charge on any atom is 0.469 e. The highest BCUT2D eigenvalue weighted by molar-refractivity contribution is 7.46. The van der Waals surface area contributed by atoms with Crippen molar-refractivity contribution in [2.75, 3.05) is 0 Å². The first-order valence-corrected chi connectivity index (χ1v) is 15.9. The van der Waals surface area contributed by atoms with Gasteiger partial charge in [0.2, 0.25) is 0 Å². The van der Waals surface area contributed by atoms with Gasteiger partial charge in [0.15, 0.2) is 0 Å². The topological polar surface area (TPSA) is 66.8 Å². The fraction of sp³-hybridized carbons (Fsp3) is 0.933. The third kappa shape index (κ3) is 3.59. The molecule has 2 N–H and O–H groups in total. The predicted molar refractivity (Wildman–Crippen MR) is 142 cm³/mol. The van der Waals surface area contributed by atoms with Crippen LogP contribution in [-0.2, 0) is 9.09 Å². The molecule has 1 unspecified atom stereocenters. The van der Waals surface area contributed by atoms with Crippen molar-refractivity contribution in [3.8, 4) is 0 Å². The molecule has 10 atom stereocenters. The summed E-state index contributed by atoms with van der Waals surface area (Å²) in [6.07, 6.45) is 11.8. The van der Waals surface area contributed by atoms with Crippen molar-refractivity contribution >= 4 is 7.82 Å². The smallest absolute Gasteiger partial charge is 0.303 e. The Morgan fingerprint density at radius 3 is 2.14 bits per heavy atom. The number of phosphoric ester groups is 1. The van der Waals surface area contributed by atoms with Crippen LogP contribution < -0.4 is 0 Å². The van der Waals surface area contributed by atoms with E-state index in [0.717, 1.165) is 31.1 Å². The molecule has 0 aliphatic heterocycles. The lowest BCUT2D eigenvalue weighted by atomic mass is 9.32. The molecule has 0 amide bonds. The largest absolute Gasteiger partial charge is 0.469 e. The van der Waals surface area contributed by atoms with Crippen LogP contribution >= 0.6 is 7.82 Å². The van der Waals surface area contributed by atoms with E-state index in [1.54, 1.807) is 0 Å². The van der Waals surface area contributed by atoms with E-state index in [2.05, 4.69) is 55.0 Å². The molecule has 35 heavy (non-hydrogen) atoms. The summed E-state index contributed by atoms with van der Waals surface area (Å²) in [6, 6.07) is 0. The first-order chi connectivity index (χ1) is 16.0. The number of hydrogen-bond donors (Lipinski definition) is 2.